The number of amides is 1. The molecule has 2 saturated heterocycles. The van der Waals surface area contributed by atoms with Crippen LogP contribution in [0.1, 0.15) is 29.0 Å². The fraction of sp³-hybridized carbons (Fsp3) is 0.474. The standard InChI is InChI=1S/C19H21ClN2O4/c1-12-9-16-13(10-14(12)20)15(23)11-17(26-16)18(24)22-7-8-25-19(22)3-5-21(2)6-4-19/h9-11H,3-8H2,1-2H3. The number of carbonyl (C=O) groups excluding carboxylic acids is 1. The first-order valence-electron chi connectivity index (χ1n) is 8.78. The smallest absolute Gasteiger partial charge is 0.292 e. The van der Waals surface area contributed by atoms with Crippen LogP contribution in [0.25, 0.3) is 11.0 Å². The minimum atomic E-state index is -0.590. The summed E-state index contributed by atoms with van der Waals surface area (Å²) in [6, 6.07) is 4.54. The zero-order valence-electron chi connectivity index (χ0n) is 14.9. The summed E-state index contributed by atoms with van der Waals surface area (Å²) in [7, 11) is 2.06. The molecule has 0 radical (unpaired) electrons. The van der Waals surface area contributed by atoms with Gasteiger partial charge in [0.1, 0.15) is 11.3 Å². The predicted octanol–water partition coefficient (Wildman–Crippen LogP) is 2.65. The second-order valence-corrected chi connectivity index (χ2v) is 7.53. The van der Waals surface area contributed by atoms with E-state index < -0.39 is 5.72 Å². The van der Waals surface area contributed by atoms with Crippen LogP contribution in [-0.4, -0.2) is 54.7 Å². The van der Waals surface area contributed by atoms with E-state index in [1.54, 1.807) is 17.0 Å². The molecule has 2 aliphatic heterocycles. The van der Waals surface area contributed by atoms with Gasteiger partial charge in [-0.25, -0.2) is 0 Å². The fourth-order valence-electron chi connectivity index (χ4n) is 3.79. The van der Waals surface area contributed by atoms with Crippen LogP contribution < -0.4 is 5.43 Å². The van der Waals surface area contributed by atoms with Crippen molar-refractivity contribution in [3.63, 3.8) is 0 Å². The van der Waals surface area contributed by atoms with Gasteiger partial charge in [0, 0.05) is 43.6 Å². The van der Waals surface area contributed by atoms with Crippen LogP contribution in [0.3, 0.4) is 0 Å². The van der Waals surface area contributed by atoms with Crippen LogP contribution in [0.4, 0.5) is 0 Å². The van der Waals surface area contributed by atoms with E-state index in [0.717, 1.165) is 31.5 Å². The average molecular weight is 377 g/mol. The Morgan fingerprint density at radius 1 is 1.19 bits per heavy atom. The number of halogens is 1. The Morgan fingerprint density at radius 3 is 2.65 bits per heavy atom. The van der Waals surface area contributed by atoms with Gasteiger partial charge in [-0.1, -0.05) is 11.6 Å². The topological polar surface area (TPSA) is 63.0 Å². The molecule has 1 aromatic carbocycles. The summed E-state index contributed by atoms with van der Waals surface area (Å²) in [5.41, 5.74) is 0.310. The van der Waals surface area contributed by atoms with Gasteiger partial charge in [0.05, 0.1) is 12.0 Å². The number of carbonyl (C=O) groups is 1. The molecule has 0 saturated carbocycles. The molecule has 0 aliphatic carbocycles. The molecule has 0 N–H and O–H groups in total. The minimum Gasteiger partial charge on any atom is -0.451 e. The van der Waals surface area contributed by atoms with Crippen LogP contribution in [-0.2, 0) is 4.74 Å². The Labute approximate surface area is 156 Å². The Bertz CT molecular complexity index is 931. The van der Waals surface area contributed by atoms with Crippen LogP contribution in [0.2, 0.25) is 5.02 Å². The number of rotatable bonds is 1. The van der Waals surface area contributed by atoms with Crippen molar-refractivity contribution in [3.8, 4) is 0 Å². The van der Waals surface area contributed by atoms with Crippen molar-refractivity contribution in [1.82, 2.24) is 9.80 Å². The summed E-state index contributed by atoms with van der Waals surface area (Å²) in [5, 5.41) is 0.880. The van der Waals surface area contributed by atoms with Crippen molar-refractivity contribution in [1.29, 1.82) is 0 Å². The number of ether oxygens (including phenoxy) is 1. The van der Waals surface area contributed by atoms with Gasteiger partial charge in [0.2, 0.25) is 0 Å². The average Bonchev–Trinajstić information content (AvgIpc) is 3.02. The molecule has 1 spiro atoms. The molecule has 1 aromatic heterocycles. The monoisotopic (exact) mass is 376 g/mol. The molecule has 2 aliphatic rings. The van der Waals surface area contributed by atoms with Gasteiger partial charge in [0.25, 0.3) is 5.91 Å². The van der Waals surface area contributed by atoms with E-state index in [9.17, 15) is 9.59 Å². The van der Waals surface area contributed by atoms with Gasteiger partial charge in [-0.05, 0) is 31.7 Å². The summed E-state index contributed by atoms with van der Waals surface area (Å²) >= 11 is 6.10. The van der Waals surface area contributed by atoms with E-state index in [-0.39, 0.29) is 17.1 Å². The van der Waals surface area contributed by atoms with Crippen molar-refractivity contribution in [3.05, 3.63) is 44.8 Å². The Balaban J connectivity index is 1.72. The third-order valence-electron chi connectivity index (χ3n) is 5.41. The van der Waals surface area contributed by atoms with Gasteiger partial charge >= 0.3 is 0 Å². The van der Waals surface area contributed by atoms with Crippen LogP contribution in [0.5, 0.6) is 0 Å². The second kappa shape index (κ2) is 6.37. The van der Waals surface area contributed by atoms with E-state index >= 15 is 0 Å². The highest BCUT2D eigenvalue weighted by Crippen LogP contribution is 2.35. The zero-order chi connectivity index (χ0) is 18.5. The van der Waals surface area contributed by atoms with Crippen LogP contribution in [0, 0.1) is 6.92 Å². The maximum Gasteiger partial charge on any atom is 0.292 e. The molecule has 7 heteroatoms. The summed E-state index contributed by atoms with van der Waals surface area (Å²) < 4.78 is 11.8. The summed E-state index contributed by atoms with van der Waals surface area (Å²) in [5.74, 6) is -0.244. The zero-order valence-corrected chi connectivity index (χ0v) is 15.6. The van der Waals surface area contributed by atoms with Gasteiger partial charge < -0.3 is 19.0 Å². The van der Waals surface area contributed by atoms with E-state index in [4.69, 9.17) is 20.8 Å². The normalized spacial score (nSPS) is 20.2. The van der Waals surface area contributed by atoms with Crippen molar-refractivity contribution in [2.24, 2.45) is 0 Å². The van der Waals surface area contributed by atoms with E-state index in [1.165, 1.54) is 6.07 Å². The molecule has 2 fully saturated rings. The van der Waals surface area contributed by atoms with Gasteiger partial charge in [0.15, 0.2) is 11.2 Å². The lowest BCUT2D eigenvalue weighted by Crippen LogP contribution is -2.54. The largest absolute Gasteiger partial charge is 0.451 e. The Morgan fingerprint density at radius 2 is 1.92 bits per heavy atom. The van der Waals surface area contributed by atoms with E-state index in [1.807, 2.05) is 6.92 Å². The number of piperidine rings is 1. The number of hydrogen-bond acceptors (Lipinski definition) is 5. The molecule has 26 heavy (non-hydrogen) atoms. The van der Waals surface area contributed by atoms with Gasteiger partial charge in [-0.2, -0.15) is 0 Å². The molecule has 138 valence electrons. The number of fused-ring (bicyclic) bond motifs is 1. The van der Waals surface area contributed by atoms with Crippen molar-refractivity contribution in [2.75, 3.05) is 33.3 Å². The highest BCUT2D eigenvalue weighted by atomic mass is 35.5. The first kappa shape index (κ1) is 17.5. The Hall–Kier alpha value is -1.89. The maximum atomic E-state index is 13.1. The molecule has 6 nitrogen and oxygen atoms in total. The molecule has 0 unspecified atom stereocenters. The van der Waals surface area contributed by atoms with Crippen molar-refractivity contribution >= 4 is 28.5 Å². The predicted molar refractivity (Wildman–Crippen MR) is 98.7 cm³/mol. The van der Waals surface area contributed by atoms with E-state index in [2.05, 4.69) is 11.9 Å². The van der Waals surface area contributed by atoms with Crippen LogP contribution in [0.15, 0.2) is 27.4 Å². The maximum absolute atomic E-state index is 13.1. The van der Waals surface area contributed by atoms with Gasteiger partial charge in [-0.3, -0.25) is 9.59 Å². The minimum absolute atomic E-state index is 0.0491. The molecule has 0 atom stereocenters. The molecule has 2 aromatic rings. The summed E-state index contributed by atoms with van der Waals surface area (Å²) in [6.07, 6.45) is 1.50. The van der Waals surface area contributed by atoms with Crippen LogP contribution >= 0.6 is 11.6 Å². The SMILES string of the molecule is Cc1cc2oc(C(=O)N3CCOC34CCN(C)CC4)cc(=O)c2cc1Cl. The number of aryl methyl sites for hydroxylation is 1. The fourth-order valence-corrected chi connectivity index (χ4v) is 3.96. The lowest BCUT2D eigenvalue weighted by molar-refractivity contribution is -0.103. The van der Waals surface area contributed by atoms with Crippen molar-refractivity contribution < 1.29 is 13.9 Å². The molecule has 4 rings (SSSR count). The second-order valence-electron chi connectivity index (χ2n) is 7.13. The lowest BCUT2D eigenvalue weighted by atomic mass is 9.99. The molecule has 3 heterocycles. The number of nitrogens with zero attached hydrogens (tertiary/aromatic N) is 2. The first-order chi connectivity index (χ1) is 12.4. The van der Waals surface area contributed by atoms with E-state index in [0.29, 0.717) is 29.1 Å². The van der Waals surface area contributed by atoms with Crippen molar-refractivity contribution in [2.45, 2.75) is 25.5 Å². The number of benzene rings is 1. The molecular weight excluding hydrogens is 356 g/mol. The lowest BCUT2D eigenvalue weighted by Gasteiger charge is -2.42. The highest BCUT2D eigenvalue weighted by molar-refractivity contribution is 6.32. The first-order valence-corrected chi connectivity index (χ1v) is 9.16. The highest BCUT2D eigenvalue weighted by Gasteiger charge is 2.47. The molecule has 1 amide bonds. The third kappa shape index (κ3) is 2.82. The van der Waals surface area contributed by atoms with Gasteiger partial charge in [-0.15, -0.1) is 0 Å². The number of hydrogen-bond donors (Lipinski definition) is 0. The Kier molecular flexibility index (Phi) is 4.29. The summed E-state index contributed by atoms with van der Waals surface area (Å²) in [4.78, 5) is 29.5. The molecular formula is C19H21ClN2O4. The number of likely N-dealkylation sites (tertiary alicyclic amines) is 1. The molecule has 0 bridgehead atoms. The summed E-state index contributed by atoms with van der Waals surface area (Å²) in [6.45, 7) is 4.57. The quantitative estimate of drug-likeness (QED) is 0.765. The third-order valence-corrected chi connectivity index (χ3v) is 5.82.